The average molecular weight is 307 g/mol. The van der Waals surface area contributed by atoms with Crippen molar-refractivity contribution in [3.63, 3.8) is 0 Å². The minimum atomic E-state index is -0.765. The number of hydrogen-bond acceptors (Lipinski definition) is 2. The van der Waals surface area contributed by atoms with Gasteiger partial charge in [-0.15, -0.1) is 0 Å². The lowest BCUT2D eigenvalue weighted by molar-refractivity contribution is 0.239. The summed E-state index contributed by atoms with van der Waals surface area (Å²) in [5.41, 5.74) is 2.98. The molecule has 1 atom stereocenters. The van der Waals surface area contributed by atoms with Crippen LogP contribution < -0.4 is 5.32 Å². The van der Waals surface area contributed by atoms with Crippen molar-refractivity contribution in [1.29, 1.82) is 0 Å². The van der Waals surface area contributed by atoms with Crippen LogP contribution in [0.1, 0.15) is 31.9 Å². The molecule has 0 fully saturated rings. The molecule has 2 nitrogen and oxygen atoms in total. The first-order valence-corrected chi connectivity index (χ1v) is 8.20. The highest BCUT2D eigenvalue weighted by Crippen LogP contribution is 2.27. The Hall–Kier alpha value is -2.08. The van der Waals surface area contributed by atoms with Crippen LogP contribution in [-0.2, 0) is 0 Å². The first-order chi connectivity index (χ1) is 11.2. The molecule has 0 bridgehead atoms. The molecule has 2 N–H and O–H groups in total. The Balaban J connectivity index is 2.02. The minimum Gasteiger partial charge on any atom is -0.376 e. The molecular weight excluding hydrogens is 282 g/mol. The van der Waals surface area contributed by atoms with Crippen LogP contribution in [0.15, 0.2) is 54.6 Å². The van der Waals surface area contributed by atoms with Crippen molar-refractivity contribution in [3.05, 3.63) is 60.2 Å². The van der Waals surface area contributed by atoms with E-state index in [-0.39, 0.29) is 0 Å². The zero-order valence-corrected chi connectivity index (χ0v) is 13.9. The van der Waals surface area contributed by atoms with Gasteiger partial charge >= 0.3 is 0 Å². The summed E-state index contributed by atoms with van der Waals surface area (Å²) >= 11 is 0. The van der Waals surface area contributed by atoms with E-state index in [1.807, 2.05) is 54.6 Å². The summed E-state index contributed by atoms with van der Waals surface area (Å²) in [7, 11) is 0. The van der Waals surface area contributed by atoms with Gasteiger partial charge in [0.25, 0.3) is 0 Å². The standard InChI is InChI=1S/C21H25NO/c1-17(2)14-16-22-15-8-13-21(23)20-12-7-6-11-19(20)18-9-4-3-5-10-18/h3-7,9-12,17,21-23H,14-16H2,1-2H3. The van der Waals surface area contributed by atoms with Gasteiger partial charge in [-0.05, 0) is 30.0 Å². The van der Waals surface area contributed by atoms with Gasteiger partial charge in [0.2, 0.25) is 0 Å². The van der Waals surface area contributed by atoms with Gasteiger partial charge in [0, 0.05) is 5.56 Å². The highest BCUT2D eigenvalue weighted by molar-refractivity contribution is 5.68. The molecule has 0 saturated heterocycles. The Morgan fingerprint density at radius 2 is 1.70 bits per heavy atom. The molecule has 1 unspecified atom stereocenters. The summed E-state index contributed by atoms with van der Waals surface area (Å²) in [4.78, 5) is 0. The Morgan fingerprint density at radius 1 is 1.00 bits per heavy atom. The fourth-order valence-corrected chi connectivity index (χ4v) is 2.38. The lowest BCUT2D eigenvalue weighted by Gasteiger charge is -2.11. The molecule has 2 rings (SSSR count). The van der Waals surface area contributed by atoms with E-state index in [1.54, 1.807) is 0 Å². The van der Waals surface area contributed by atoms with Crippen LogP contribution in [0.25, 0.3) is 11.1 Å². The van der Waals surface area contributed by atoms with Crippen LogP contribution in [0.5, 0.6) is 0 Å². The molecule has 0 aromatic heterocycles. The molecule has 2 heteroatoms. The van der Waals surface area contributed by atoms with Gasteiger partial charge in [0.15, 0.2) is 0 Å². The molecule has 0 heterocycles. The molecule has 2 aromatic rings. The number of aliphatic hydroxyl groups is 1. The zero-order chi connectivity index (χ0) is 16.5. The SMILES string of the molecule is CC(C)CCNCC#CC(O)c1ccccc1-c1ccccc1. The van der Waals surface area contributed by atoms with Crippen LogP contribution >= 0.6 is 0 Å². The van der Waals surface area contributed by atoms with Gasteiger partial charge in [-0.2, -0.15) is 0 Å². The van der Waals surface area contributed by atoms with Crippen molar-refractivity contribution >= 4 is 0 Å². The van der Waals surface area contributed by atoms with E-state index in [0.717, 1.165) is 29.7 Å². The predicted octanol–water partition coefficient (Wildman–Crippen LogP) is 4.03. The van der Waals surface area contributed by atoms with Gasteiger partial charge in [0.05, 0.1) is 6.54 Å². The molecule has 2 aromatic carbocycles. The number of nitrogens with one attached hydrogen (secondary N) is 1. The van der Waals surface area contributed by atoms with Crippen LogP contribution in [0.4, 0.5) is 0 Å². The molecule has 0 aliphatic heterocycles. The van der Waals surface area contributed by atoms with Crippen molar-refractivity contribution < 1.29 is 5.11 Å². The number of aliphatic hydroxyl groups excluding tert-OH is 1. The van der Waals surface area contributed by atoms with Gasteiger partial charge in [-0.25, -0.2) is 0 Å². The normalized spacial score (nSPS) is 11.8. The number of rotatable bonds is 6. The van der Waals surface area contributed by atoms with Crippen molar-refractivity contribution in [2.75, 3.05) is 13.1 Å². The van der Waals surface area contributed by atoms with Gasteiger partial charge < -0.3 is 10.4 Å². The third-order valence-electron chi connectivity index (χ3n) is 3.69. The first-order valence-electron chi connectivity index (χ1n) is 8.20. The lowest BCUT2D eigenvalue weighted by Crippen LogP contribution is -2.17. The van der Waals surface area contributed by atoms with Crippen molar-refractivity contribution in [2.45, 2.75) is 26.4 Å². The number of benzene rings is 2. The molecule has 0 radical (unpaired) electrons. The van der Waals surface area contributed by atoms with E-state index in [1.165, 1.54) is 0 Å². The van der Waals surface area contributed by atoms with Crippen molar-refractivity contribution in [1.82, 2.24) is 5.32 Å². The molecular formula is C21H25NO. The van der Waals surface area contributed by atoms with E-state index in [4.69, 9.17) is 0 Å². The third kappa shape index (κ3) is 5.56. The average Bonchev–Trinajstić information content (AvgIpc) is 2.58. The largest absolute Gasteiger partial charge is 0.376 e. The Kier molecular flexibility index (Phi) is 6.87. The molecule has 0 aliphatic rings. The van der Waals surface area contributed by atoms with E-state index >= 15 is 0 Å². The fourth-order valence-electron chi connectivity index (χ4n) is 2.38. The Bertz CT molecular complexity index is 652. The van der Waals surface area contributed by atoms with Crippen molar-refractivity contribution in [2.24, 2.45) is 5.92 Å². The smallest absolute Gasteiger partial charge is 0.140 e. The number of hydrogen-bond donors (Lipinski definition) is 2. The minimum absolute atomic E-state index is 0.608. The fraction of sp³-hybridized carbons (Fsp3) is 0.333. The summed E-state index contributed by atoms with van der Waals surface area (Å²) in [6.45, 7) is 5.98. The van der Waals surface area contributed by atoms with E-state index in [2.05, 4.69) is 31.0 Å². The summed E-state index contributed by atoms with van der Waals surface area (Å²) in [6, 6.07) is 18.0. The van der Waals surface area contributed by atoms with E-state index in [9.17, 15) is 5.11 Å². The maximum absolute atomic E-state index is 10.4. The van der Waals surface area contributed by atoms with Gasteiger partial charge in [-0.1, -0.05) is 80.3 Å². The van der Waals surface area contributed by atoms with Crippen LogP contribution in [0.2, 0.25) is 0 Å². The molecule has 120 valence electrons. The second-order valence-electron chi connectivity index (χ2n) is 6.04. The van der Waals surface area contributed by atoms with Gasteiger partial charge in [0.1, 0.15) is 6.10 Å². The van der Waals surface area contributed by atoms with E-state index < -0.39 is 6.10 Å². The summed E-state index contributed by atoms with van der Waals surface area (Å²) in [6.07, 6.45) is 0.374. The molecule has 0 amide bonds. The third-order valence-corrected chi connectivity index (χ3v) is 3.69. The highest BCUT2D eigenvalue weighted by Gasteiger charge is 2.10. The quantitative estimate of drug-likeness (QED) is 0.624. The maximum atomic E-state index is 10.4. The topological polar surface area (TPSA) is 32.3 Å². The molecule has 0 spiro atoms. The van der Waals surface area contributed by atoms with E-state index in [0.29, 0.717) is 12.5 Å². The Morgan fingerprint density at radius 3 is 2.43 bits per heavy atom. The molecule has 0 saturated carbocycles. The van der Waals surface area contributed by atoms with Gasteiger partial charge in [-0.3, -0.25) is 0 Å². The van der Waals surface area contributed by atoms with Crippen LogP contribution in [0.3, 0.4) is 0 Å². The highest BCUT2D eigenvalue weighted by atomic mass is 16.3. The van der Waals surface area contributed by atoms with Crippen LogP contribution in [0, 0.1) is 17.8 Å². The first kappa shape index (κ1) is 17.3. The Labute approximate surface area is 139 Å². The summed E-state index contributed by atoms with van der Waals surface area (Å²) in [5, 5.41) is 13.7. The van der Waals surface area contributed by atoms with Crippen molar-refractivity contribution in [3.8, 4) is 23.0 Å². The second kappa shape index (κ2) is 9.15. The monoisotopic (exact) mass is 307 g/mol. The predicted molar refractivity (Wildman–Crippen MR) is 96.9 cm³/mol. The zero-order valence-electron chi connectivity index (χ0n) is 13.9. The summed E-state index contributed by atoms with van der Waals surface area (Å²) in [5.74, 6) is 6.66. The lowest BCUT2D eigenvalue weighted by atomic mass is 9.96. The second-order valence-corrected chi connectivity index (χ2v) is 6.04. The maximum Gasteiger partial charge on any atom is 0.140 e. The summed E-state index contributed by atoms with van der Waals surface area (Å²) < 4.78 is 0. The molecule has 23 heavy (non-hydrogen) atoms. The van der Waals surface area contributed by atoms with Crippen LogP contribution in [-0.4, -0.2) is 18.2 Å². The molecule has 0 aliphatic carbocycles.